The number of carbonyl (C=O) groups is 1. The molecule has 0 saturated heterocycles. The molecule has 5 nitrogen and oxygen atoms in total. The van der Waals surface area contributed by atoms with Gasteiger partial charge in [-0.15, -0.1) is 0 Å². The Hall–Kier alpha value is -2.69. The van der Waals surface area contributed by atoms with Crippen LogP contribution in [0.25, 0.3) is 0 Å². The molecule has 0 aliphatic carbocycles. The predicted molar refractivity (Wildman–Crippen MR) is 111 cm³/mol. The van der Waals surface area contributed by atoms with Gasteiger partial charge in [-0.25, -0.2) is 0 Å². The number of anilines is 1. The fourth-order valence-corrected chi connectivity index (χ4v) is 3.51. The van der Waals surface area contributed by atoms with Gasteiger partial charge >= 0.3 is 0 Å². The summed E-state index contributed by atoms with van der Waals surface area (Å²) in [5.41, 5.74) is 2.83. The zero-order chi connectivity index (χ0) is 19.9. The number of hydrogen-bond donors (Lipinski definition) is 1. The maximum atomic E-state index is 12.4. The van der Waals surface area contributed by atoms with Gasteiger partial charge in [-0.3, -0.25) is 4.79 Å². The first-order valence-corrected chi connectivity index (χ1v) is 10.1. The highest BCUT2D eigenvalue weighted by atomic mass is 16.5. The van der Waals surface area contributed by atoms with E-state index in [0.29, 0.717) is 37.7 Å². The molecule has 0 bridgehead atoms. The molecule has 0 fully saturated rings. The Morgan fingerprint density at radius 1 is 0.929 bits per heavy atom. The summed E-state index contributed by atoms with van der Waals surface area (Å²) in [6.45, 7) is 7.78. The van der Waals surface area contributed by atoms with Crippen LogP contribution in [0.15, 0.2) is 36.4 Å². The van der Waals surface area contributed by atoms with Crippen LogP contribution in [0.3, 0.4) is 0 Å². The van der Waals surface area contributed by atoms with Gasteiger partial charge in [0.05, 0.1) is 19.8 Å². The highest BCUT2D eigenvalue weighted by molar-refractivity contribution is 5.96. The van der Waals surface area contributed by atoms with Crippen LogP contribution < -0.4 is 19.5 Å². The number of hydrogen-bond acceptors (Lipinski definition) is 4. The molecule has 3 rings (SSSR count). The summed E-state index contributed by atoms with van der Waals surface area (Å²) in [7, 11) is 0. The van der Waals surface area contributed by atoms with Gasteiger partial charge in [0.25, 0.3) is 0 Å². The van der Waals surface area contributed by atoms with Crippen molar-refractivity contribution >= 4 is 11.6 Å². The lowest BCUT2D eigenvalue weighted by Crippen LogP contribution is -2.24. The van der Waals surface area contributed by atoms with Crippen molar-refractivity contribution in [1.82, 2.24) is 0 Å². The molecule has 2 aromatic carbocycles. The number of para-hydroxylation sites is 1. The van der Waals surface area contributed by atoms with E-state index >= 15 is 0 Å². The minimum Gasteiger partial charge on any atom is -0.493 e. The van der Waals surface area contributed by atoms with E-state index < -0.39 is 0 Å². The van der Waals surface area contributed by atoms with Gasteiger partial charge in [0.15, 0.2) is 11.5 Å². The number of nitrogens with one attached hydrogen (secondary N) is 1. The molecule has 150 valence electrons. The monoisotopic (exact) mass is 383 g/mol. The van der Waals surface area contributed by atoms with Crippen LogP contribution in [-0.4, -0.2) is 25.7 Å². The maximum absolute atomic E-state index is 12.4. The van der Waals surface area contributed by atoms with Crippen molar-refractivity contribution in [2.45, 2.75) is 46.0 Å². The molecule has 1 aliphatic heterocycles. The lowest BCUT2D eigenvalue weighted by atomic mass is 9.84. The van der Waals surface area contributed by atoms with Gasteiger partial charge in [-0.05, 0) is 38.0 Å². The van der Waals surface area contributed by atoms with Gasteiger partial charge in [0.2, 0.25) is 5.91 Å². The quantitative estimate of drug-likeness (QED) is 0.609. The highest BCUT2D eigenvalue weighted by Gasteiger charge is 2.30. The molecule has 1 N–H and O–H groups in total. The van der Waals surface area contributed by atoms with E-state index in [0.717, 1.165) is 35.4 Å². The minimum atomic E-state index is -0.0866. The van der Waals surface area contributed by atoms with E-state index in [9.17, 15) is 4.79 Å². The molecular formula is C23H29NO4. The summed E-state index contributed by atoms with van der Waals surface area (Å²) in [6, 6.07) is 11.9. The van der Waals surface area contributed by atoms with Crippen molar-refractivity contribution in [2.24, 2.45) is 0 Å². The van der Waals surface area contributed by atoms with Crippen molar-refractivity contribution in [1.29, 1.82) is 0 Å². The molecule has 2 aromatic rings. The molecule has 0 spiro atoms. The number of rotatable bonds is 9. The van der Waals surface area contributed by atoms with Crippen LogP contribution in [0.4, 0.5) is 5.69 Å². The average Bonchev–Trinajstić information content (AvgIpc) is 2.69. The lowest BCUT2D eigenvalue weighted by Gasteiger charge is -2.28. The Kier molecular flexibility index (Phi) is 6.80. The normalized spacial score (nSPS) is 15.5. The molecular weight excluding hydrogens is 354 g/mol. The number of fused-ring (bicyclic) bond motifs is 1. The van der Waals surface area contributed by atoms with E-state index in [1.54, 1.807) is 0 Å². The number of unbranched alkanes of at least 4 members (excludes halogenated alkanes) is 1. The Morgan fingerprint density at radius 3 is 2.36 bits per heavy atom. The fourth-order valence-electron chi connectivity index (χ4n) is 3.51. The number of benzene rings is 2. The molecule has 0 radical (unpaired) electrons. The van der Waals surface area contributed by atoms with Crippen LogP contribution in [0, 0.1) is 0 Å². The summed E-state index contributed by atoms with van der Waals surface area (Å²) in [5, 5.41) is 2.98. The molecule has 0 saturated carbocycles. The summed E-state index contributed by atoms with van der Waals surface area (Å²) < 4.78 is 17.6. The van der Waals surface area contributed by atoms with E-state index in [4.69, 9.17) is 14.2 Å². The minimum absolute atomic E-state index is 0.00697. The molecule has 1 unspecified atom stereocenters. The van der Waals surface area contributed by atoms with Crippen LogP contribution >= 0.6 is 0 Å². The van der Waals surface area contributed by atoms with Crippen LogP contribution in [-0.2, 0) is 4.79 Å². The lowest BCUT2D eigenvalue weighted by molar-refractivity contribution is -0.116. The van der Waals surface area contributed by atoms with Gasteiger partial charge in [-0.1, -0.05) is 31.5 Å². The van der Waals surface area contributed by atoms with Crippen LogP contribution in [0.1, 0.15) is 57.1 Å². The number of ether oxygens (including phenoxy) is 3. The van der Waals surface area contributed by atoms with Gasteiger partial charge in [-0.2, -0.15) is 0 Å². The Labute approximate surface area is 167 Å². The van der Waals surface area contributed by atoms with Crippen molar-refractivity contribution in [3.63, 3.8) is 0 Å². The second-order valence-corrected chi connectivity index (χ2v) is 6.80. The molecule has 1 amide bonds. The zero-order valence-electron chi connectivity index (χ0n) is 16.9. The third kappa shape index (κ3) is 4.41. The number of amides is 1. The third-order valence-corrected chi connectivity index (χ3v) is 4.80. The third-order valence-electron chi connectivity index (χ3n) is 4.80. The molecule has 0 aromatic heterocycles. The average molecular weight is 383 g/mol. The first kappa shape index (κ1) is 20.1. The van der Waals surface area contributed by atoms with Gasteiger partial charge in [0, 0.05) is 29.7 Å². The van der Waals surface area contributed by atoms with Crippen molar-refractivity contribution in [3.05, 3.63) is 47.5 Å². The van der Waals surface area contributed by atoms with E-state index in [1.807, 2.05) is 50.2 Å². The predicted octanol–water partition coefficient (Wildman–Crippen LogP) is 5.14. The molecule has 5 heteroatoms. The zero-order valence-corrected chi connectivity index (χ0v) is 16.9. The molecule has 1 heterocycles. The molecule has 1 atom stereocenters. The number of carbonyl (C=O) groups excluding carboxylic acids is 1. The highest BCUT2D eigenvalue weighted by Crippen LogP contribution is 2.45. The standard InChI is InChI=1S/C23H29NO4/c1-4-7-12-28-20-11-9-8-10-16(20)17-14-23(25)24-19-15-22(27-6-3)21(26-5-2)13-18(17)19/h8-11,13,15,17H,4-7,12,14H2,1-3H3,(H,24,25). The summed E-state index contributed by atoms with van der Waals surface area (Å²) in [4.78, 5) is 12.4. The van der Waals surface area contributed by atoms with Gasteiger partial charge in [0.1, 0.15) is 5.75 Å². The first-order valence-electron chi connectivity index (χ1n) is 10.1. The smallest absolute Gasteiger partial charge is 0.225 e. The second-order valence-electron chi connectivity index (χ2n) is 6.80. The van der Waals surface area contributed by atoms with E-state index in [2.05, 4.69) is 12.2 Å². The molecule has 1 aliphatic rings. The van der Waals surface area contributed by atoms with Crippen molar-refractivity contribution in [3.8, 4) is 17.2 Å². The van der Waals surface area contributed by atoms with E-state index in [-0.39, 0.29) is 11.8 Å². The molecule has 28 heavy (non-hydrogen) atoms. The van der Waals surface area contributed by atoms with Crippen LogP contribution in [0.2, 0.25) is 0 Å². The largest absolute Gasteiger partial charge is 0.493 e. The SMILES string of the molecule is CCCCOc1ccccc1C1CC(=O)Nc2cc(OCC)c(OCC)cc21. The van der Waals surface area contributed by atoms with E-state index in [1.165, 1.54) is 0 Å². The van der Waals surface area contributed by atoms with Crippen molar-refractivity contribution < 1.29 is 19.0 Å². The van der Waals surface area contributed by atoms with Crippen LogP contribution in [0.5, 0.6) is 17.2 Å². The summed E-state index contributed by atoms with van der Waals surface area (Å²) in [5.74, 6) is 2.10. The topological polar surface area (TPSA) is 56.8 Å². The van der Waals surface area contributed by atoms with Gasteiger partial charge < -0.3 is 19.5 Å². The fraction of sp³-hybridized carbons (Fsp3) is 0.435. The first-order chi connectivity index (χ1) is 13.7. The Bertz CT molecular complexity index is 818. The Balaban J connectivity index is 2.03. The Morgan fingerprint density at radius 2 is 1.64 bits per heavy atom. The maximum Gasteiger partial charge on any atom is 0.225 e. The van der Waals surface area contributed by atoms with Crippen molar-refractivity contribution in [2.75, 3.05) is 25.1 Å². The summed E-state index contributed by atoms with van der Waals surface area (Å²) in [6.07, 6.45) is 2.46. The second kappa shape index (κ2) is 9.49. The summed E-state index contributed by atoms with van der Waals surface area (Å²) >= 11 is 0.